The minimum absolute atomic E-state index is 0.963. The molecule has 0 amide bonds. The molecular weight excluding hydrogens is 120 g/mol. The van der Waals surface area contributed by atoms with Crippen molar-refractivity contribution in [2.24, 2.45) is 0 Å². The van der Waals surface area contributed by atoms with Crippen molar-refractivity contribution >= 4 is 11.6 Å². The van der Waals surface area contributed by atoms with Crippen LogP contribution >= 0.6 is 11.6 Å². The van der Waals surface area contributed by atoms with Gasteiger partial charge in [0.25, 0.3) is 0 Å². The van der Waals surface area contributed by atoms with Gasteiger partial charge in [0.05, 0.1) is 0 Å². The zero-order chi connectivity index (χ0) is 6.15. The second-order valence-corrected chi connectivity index (χ2v) is 2.56. The van der Waals surface area contributed by atoms with Crippen molar-refractivity contribution in [1.82, 2.24) is 0 Å². The summed E-state index contributed by atoms with van der Waals surface area (Å²) in [5.41, 5.74) is 2.52. The quantitative estimate of drug-likeness (QED) is 0.471. The van der Waals surface area contributed by atoms with E-state index in [1.54, 1.807) is 0 Å². The van der Waals surface area contributed by atoms with Gasteiger partial charge >= 0.3 is 0 Å². The smallest absolute Gasteiger partial charge is 0.0424 e. The van der Waals surface area contributed by atoms with E-state index in [0.717, 1.165) is 11.5 Å². The van der Waals surface area contributed by atoms with E-state index in [1.807, 2.05) is 6.92 Å². The summed E-state index contributed by atoms with van der Waals surface area (Å²) in [6.07, 6.45) is 3.20. The Kier molecular flexibility index (Phi) is 1.43. The van der Waals surface area contributed by atoms with Gasteiger partial charge in [0.15, 0.2) is 0 Å². The molecule has 0 bridgehead atoms. The first-order chi connectivity index (χ1) is 3.72. The molecule has 1 aliphatic carbocycles. The van der Waals surface area contributed by atoms with Crippen LogP contribution in [0.3, 0.4) is 0 Å². The van der Waals surface area contributed by atoms with Crippen LogP contribution in [0.4, 0.5) is 0 Å². The van der Waals surface area contributed by atoms with E-state index in [9.17, 15) is 0 Å². The van der Waals surface area contributed by atoms with Gasteiger partial charge in [0, 0.05) is 5.03 Å². The molecule has 0 nitrogen and oxygen atoms in total. The van der Waals surface area contributed by atoms with Crippen molar-refractivity contribution in [1.29, 1.82) is 0 Å². The first kappa shape index (κ1) is 5.90. The van der Waals surface area contributed by atoms with Gasteiger partial charge in [0.1, 0.15) is 0 Å². The second kappa shape index (κ2) is 1.94. The van der Waals surface area contributed by atoms with Gasteiger partial charge in [0.2, 0.25) is 0 Å². The highest BCUT2D eigenvalue weighted by molar-refractivity contribution is 6.32. The molecule has 0 spiro atoms. The predicted octanol–water partition coefficient (Wildman–Crippen LogP) is 2.85. The molecular formula is C7H9Cl. The number of hydrogen-bond acceptors (Lipinski definition) is 0. The summed E-state index contributed by atoms with van der Waals surface area (Å²) in [5, 5.41) is 0.963. The Balaban J connectivity index is 2.88. The largest absolute Gasteiger partial charge is 0.0841 e. The maximum Gasteiger partial charge on any atom is 0.0424 e. The fourth-order valence-corrected chi connectivity index (χ4v) is 0.976. The van der Waals surface area contributed by atoms with Crippen molar-refractivity contribution in [3.8, 4) is 0 Å². The van der Waals surface area contributed by atoms with E-state index in [0.29, 0.717) is 0 Å². The Hall–Kier alpha value is -0.230. The lowest BCUT2D eigenvalue weighted by Crippen LogP contribution is -1.69. The number of rotatable bonds is 0. The zero-order valence-electron chi connectivity index (χ0n) is 5.16. The lowest BCUT2D eigenvalue weighted by atomic mass is 10.3. The third-order valence-corrected chi connectivity index (χ3v) is 2.06. The van der Waals surface area contributed by atoms with Crippen molar-refractivity contribution in [2.75, 3.05) is 0 Å². The molecule has 44 valence electrons. The highest BCUT2D eigenvalue weighted by Crippen LogP contribution is 2.27. The van der Waals surface area contributed by atoms with Gasteiger partial charge in [-0.1, -0.05) is 23.3 Å². The molecule has 0 fully saturated rings. The average Bonchev–Trinajstić information content (AvgIpc) is 1.98. The van der Waals surface area contributed by atoms with Crippen LogP contribution in [0, 0.1) is 0 Å². The van der Waals surface area contributed by atoms with Crippen LogP contribution in [-0.2, 0) is 0 Å². The molecule has 0 atom stereocenters. The van der Waals surface area contributed by atoms with Crippen LogP contribution in [-0.4, -0.2) is 0 Å². The molecule has 0 radical (unpaired) electrons. The van der Waals surface area contributed by atoms with Crippen LogP contribution in [0.15, 0.2) is 22.3 Å². The molecule has 0 heterocycles. The van der Waals surface area contributed by atoms with E-state index in [-0.39, 0.29) is 0 Å². The summed E-state index contributed by atoms with van der Waals surface area (Å²) in [5.74, 6) is 0. The van der Waals surface area contributed by atoms with Crippen LogP contribution in [0.1, 0.15) is 20.3 Å². The molecule has 0 saturated heterocycles. The van der Waals surface area contributed by atoms with Gasteiger partial charge in [-0.25, -0.2) is 0 Å². The Morgan fingerprint density at radius 2 is 2.12 bits per heavy atom. The lowest BCUT2D eigenvalue weighted by molar-refractivity contribution is 1.25. The fourth-order valence-electron chi connectivity index (χ4n) is 0.822. The summed E-state index contributed by atoms with van der Waals surface area (Å²) in [6.45, 7) is 4.11. The van der Waals surface area contributed by atoms with Gasteiger partial charge in [-0.15, -0.1) is 0 Å². The third-order valence-electron chi connectivity index (χ3n) is 1.44. The fraction of sp³-hybridized carbons (Fsp3) is 0.429. The molecule has 0 aromatic carbocycles. The molecule has 0 unspecified atom stereocenters. The third kappa shape index (κ3) is 0.805. The Morgan fingerprint density at radius 3 is 2.25 bits per heavy atom. The first-order valence-electron chi connectivity index (χ1n) is 2.74. The van der Waals surface area contributed by atoms with Crippen molar-refractivity contribution < 1.29 is 0 Å². The van der Waals surface area contributed by atoms with Crippen LogP contribution in [0.2, 0.25) is 0 Å². The highest BCUT2D eigenvalue weighted by Gasteiger charge is 2.06. The monoisotopic (exact) mass is 128 g/mol. The molecule has 0 aromatic heterocycles. The summed E-state index contributed by atoms with van der Waals surface area (Å²) < 4.78 is 0. The number of hydrogen-bond donors (Lipinski definition) is 0. The molecule has 0 aliphatic heterocycles. The SMILES string of the molecule is CC1=CCC(C)=C1Cl. The maximum absolute atomic E-state index is 5.82. The second-order valence-electron chi connectivity index (χ2n) is 2.19. The predicted molar refractivity (Wildman–Crippen MR) is 36.9 cm³/mol. The van der Waals surface area contributed by atoms with E-state index < -0.39 is 0 Å². The number of halogens is 1. The summed E-state index contributed by atoms with van der Waals surface area (Å²) in [7, 11) is 0. The van der Waals surface area contributed by atoms with Crippen LogP contribution in [0.25, 0.3) is 0 Å². The Bertz CT molecular complexity index is 158. The van der Waals surface area contributed by atoms with E-state index >= 15 is 0 Å². The van der Waals surface area contributed by atoms with Gasteiger partial charge < -0.3 is 0 Å². The summed E-state index contributed by atoms with van der Waals surface area (Å²) in [4.78, 5) is 0. The minimum atomic E-state index is 0.963. The molecule has 0 N–H and O–H groups in total. The normalized spacial score (nSPS) is 19.6. The zero-order valence-corrected chi connectivity index (χ0v) is 5.92. The van der Waals surface area contributed by atoms with E-state index in [1.165, 1.54) is 11.1 Å². The minimum Gasteiger partial charge on any atom is -0.0841 e. The van der Waals surface area contributed by atoms with Crippen molar-refractivity contribution in [3.05, 3.63) is 22.3 Å². The molecule has 1 heteroatoms. The maximum atomic E-state index is 5.82. The molecule has 1 rings (SSSR count). The van der Waals surface area contributed by atoms with Crippen LogP contribution in [0.5, 0.6) is 0 Å². The van der Waals surface area contributed by atoms with E-state index in [2.05, 4.69) is 13.0 Å². The summed E-state index contributed by atoms with van der Waals surface area (Å²) in [6, 6.07) is 0. The Labute approximate surface area is 54.8 Å². The van der Waals surface area contributed by atoms with Crippen molar-refractivity contribution in [3.63, 3.8) is 0 Å². The van der Waals surface area contributed by atoms with Crippen molar-refractivity contribution in [2.45, 2.75) is 20.3 Å². The topological polar surface area (TPSA) is 0 Å². The number of allylic oxidation sites excluding steroid dienone is 4. The Morgan fingerprint density at radius 1 is 1.50 bits per heavy atom. The molecule has 1 aliphatic rings. The lowest BCUT2D eigenvalue weighted by Gasteiger charge is -1.90. The van der Waals surface area contributed by atoms with Gasteiger partial charge in [-0.2, -0.15) is 0 Å². The standard InChI is InChI=1S/C7H9Cl/c1-5-3-4-6(2)7(5)8/h3H,4H2,1-2H3. The molecule has 0 saturated carbocycles. The first-order valence-corrected chi connectivity index (χ1v) is 3.12. The van der Waals surface area contributed by atoms with Gasteiger partial charge in [-0.05, 0) is 25.8 Å². The summed E-state index contributed by atoms with van der Waals surface area (Å²) >= 11 is 5.82. The average molecular weight is 129 g/mol. The molecule has 8 heavy (non-hydrogen) atoms. The molecule has 0 aromatic rings. The highest BCUT2D eigenvalue weighted by atomic mass is 35.5. The van der Waals surface area contributed by atoms with Crippen LogP contribution < -0.4 is 0 Å². The van der Waals surface area contributed by atoms with E-state index in [4.69, 9.17) is 11.6 Å². The van der Waals surface area contributed by atoms with Gasteiger partial charge in [-0.3, -0.25) is 0 Å².